The molecule has 3 aromatic rings. The number of nitrogens with one attached hydrogen (secondary N) is 1. The lowest BCUT2D eigenvalue weighted by Crippen LogP contribution is -2.25. The Morgan fingerprint density at radius 3 is 2.26 bits per heavy atom. The Hall–Kier alpha value is -2.68. The lowest BCUT2D eigenvalue weighted by molar-refractivity contribution is 0.0954. The zero-order valence-corrected chi connectivity index (χ0v) is 15.9. The maximum Gasteiger partial charge on any atom is 0.251 e. The highest BCUT2D eigenvalue weighted by molar-refractivity contribution is 7.91. The van der Waals surface area contributed by atoms with Crippen molar-refractivity contribution in [2.45, 2.75) is 10.6 Å². The van der Waals surface area contributed by atoms with Gasteiger partial charge >= 0.3 is 0 Å². The summed E-state index contributed by atoms with van der Waals surface area (Å²) in [6.45, 7) is 0.395. The van der Waals surface area contributed by atoms with Gasteiger partial charge in [-0.15, -0.1) is 11.3 Å². The van der Waals surface area contributed by atoms with Crippen molar-refractivity contribution in [3.8, 4) is 11.5 Å². The number of carbonyl (C=O) groups excluding carboxylic acids is 1. The minimum Gasteiger partial charge on any atom is -0.457 e. The van der Waals surface area contributed by atoms with Crippen LogP contribution in [0.3, 0.4) is 0 Å². The van der Waals surface area contributed by atoms with Crippen molar-refractivity contribution in [2.24, 2.45) is 5.14 Å². The molecule has 3 N–H and O–H groups in total. The van der Waals surface area contributed by atoms with Crippen molar-refractivity contribution in [3.05, 3.63) is 77.2 Å². The van der Waals surface area contributed by atoms with E-state index >= 15 is 0 Å². The van der Waals surface area contributed by atoms with E-state index in [9.17, 15) is 13.2 Å². The number of sulfonamides is 1. The van der Waals surface area contributed by atoms with E-state index in [0.717, 1.165) is 22.0 Å². The Bertz CT molecular complexity index is 1010. The third kappa shape index (κ3) is 5.40. The predicted octanol–water partition coefficient (Wildman–Crippen LogP) is 3.16. The molecule has 1 heterocycles. The van der Waals surface area contributed by atoms with Crippen molar-refractivity contribution in [2.75, 3.05) is 6.54 Å². The second kappa shape index (κ2) is 8.34. The van der Waals surface area contributed by atoms with Crippen LogP contribution in [0.25, 0.3) is 0 Å². The molecule has 6 nitrogen and oxygen atoms in total. The van der Waals surface area contributed by atoms with E-state index in [-0.39, 0.29) is 10.1 Å². The van der Waals surface area contributed by atoms with Gasteiger partial charge in [0.05, 0.1) is 0 Å². The first-order chi connectivity index (χ1) is 12.9. The Morgan fingerprint density at radius 1 is 0.963 bits per heavy atom. The fourth-order valence-electron chi connectivity index (χ4n) is 2.35. The van der Waals surface area contributed by atoms with Crippen LogP contribution < -0.4 is 15.2 Å². The molecule has 8 heteroatoms. The molecular formula is C19H18N2O4S2. The van der Waals surface area contributed by atoms with Gasteiger partial charge in [-0.25, -0.2) is 13.6 Å². The Labute approximate surface area is 161 Å². The van der Waals surface area contributed by atoms with Gasteiger partial charge in [0.25, 0.3) is 5.91 Å². The molecule has 0 saturated heterocycles. The van der Waals surface area contributed by atoms with Crippen LogP contribution in [-0.4, -0.2) is 20.9 Å². The SMILES string of the molecule is NS(=O)(=O)c1ccc(CCNC(=O)c2ccc(Oc3ccccc3)cc2)s1. The molecule has 1 amide bonds. The summed E-state index contributed by atoms with van der Waals surface area (Å²) in [5, 5.41) is 7.90. The third-order valence-corrected chi connectivity index (χ3v) is 6.25. The van der Waals surface area contributed by atoms with Crippen molar-refractivity contribution in [3.63, 3.8) is 0 Å². The first-order valence-electron chi connectivity index (χ1n) is 8.14. The maximum atomic E-state index is 12.2. The van der Waals surface area contributed by atoms with Gasteiger partial charge in [0, 0.05) is 17.0 Å². The fraction of sp³-hybridized carbons (Fsp3) is 0.105. The van der Waals surface area contributed by atoms with Gasteiger partial charge in [-0.2, -0.15) is 0 Å². The summed E-state index contributed by atoms with van der Waals surface area (Å²) >= 11 is 1.11. The average Bonchev–Trinajstić information content (AvgIpc) is 3.12. The predicted molar refractivity (Wildman–Crippen MR) is 105 cm³/mol. The van der Waals surface area contributed by atoms with Gasteiger partial charge in [-0.3, -0.25) is 4.79 Å². The third-order valence-electron chi connectivity index (χ3n) is 3.67. The van der Waals surface area contributed by atoms with Gasteiger partial charge in [0.15, 0.2) is 0 Å². The summed E-state index contributed by atoms with van der Waals surface area (Å²) in [7, 11) is -3.67. The number of hydrogen-bond donors (Lipinski definition) is 2. The van der Waals surface area contributed by atoms with Gasteiger partial charge in [-0.1, -0.05) is 18.2 Å². The number of amides is 1. The minimum absolute atomic E-state index is 0.123. The molecular weight excluding hydrogens is 384 g/mol. The molecule has 0 atom stereocenters. The van der Waals surface area contributed by atoms with E-state index in [4.69, 9.17) is 9.88 Å². The number of rotatable bonds is 7. The lowest BCUT2D eigenvalue weighted by Gasteiger charge is -2.07. The van der Waals surface area contributed by atoms with Gasteiger partial charge in [0.2, 0.25) is 10.0 Å². The summed E-state index contributed by atoms with van der Waals surface area (Å²) in [4.78, 5) is 13.0. The maximum absolute atomic E-state index is 12.2. The summed E-state index contributed by atoms with van der Waals surface area (Å²) in [6, 6.07) is 19.4. The van der Waals surface area contributed by atoms with Crippen LogP contribution in [0, 0.1) is 0 Å². The number of para-hydroxylation sites is 1. The highest BCUT2D eigenvalue weighted by Crippen LogP contribution is 2.22. The summed E-state index contributed by atoms with van der Waals surface area (Å²) in [5.41, 5.74) is 0.520. The standard InChI is InChI=1S/C19H18N2O4S2/c20-27(23,24)18-11-10-17(26-18)12-13-21-19(22)14-6-8-16(9-7-14)25-15-4-2-1-3-5-15/h1-11H,12-13H2,(H,21,22)(H2,20,23,24). The lowest BCUT2D eigenvalue weighted by atomic mass is 10.2. The van der Waals surface area contributed by atoms with Crippen molar-refractivity contribution < 1.29 is 17.9 Å². The summed E-state index contributed by atoms with van der Waals surface area (Å²) in [5.74, 6) is 1.17. The van der Waals surface area contributed by atoms with Crippen LogP contribution in [0.4, 0.5) is 0 Å². The molecule has 0 aliphatic heterocycles. The van der Waals surface area contributed by atoms with Crippen LogP contribution in [0.1, 0.15) is 15.2 Å². The van der Waals surface area contributed by atoms with Gasteiger partial charge in [0.1, 0.15) is 15.7 Å². The second-order valence-corrected chi connectivity index (χ2v) is 8.67. The Kier molecular flexibility index (Phi) is 5.90. The zero-order chi connectivity index (χ0) is 19.3. The number of hydrogen-bond acceptors (Lipinski definition) is 5. The van der Waals surface area contributed by atoms with E-state index in [0.29, 0.717) is 24.3 Å². The molecule has 0 fully saturated rings. The van der Waals surface area contributed by atoms with Crippen LogP contribution in [0.5, 0.6) is 11.5 Å². The van der Waals surface area contributed by atoms with Crippen LogP contribution in [0.15, 0.2) is 70.9 Å². The second-order valence-electron chi connectivity index (χ2n) is 5.71. The van der Waals surface area contributed by atoms with E-state index < -0.39 is 10.0 Å². The molecule has 0 aliphatic rings. The molecule has 140 valence electrons. The number of carbonyl (C=O) groups is 1. The number of thiophene rings is 1. The smallest absolute Gasteiger partial charge is 0.251 e. The quantitative estimate of drug-likeness (QED) is 0.634. The topological polar surface area (TPSA) is 98.5 Å². The number of ether oxygens (including phenoxy) is 1. The highest BCUT2D eigenvalue weighted by Gasteiger charge is 2.11. The van der Waals surface area contributed by atoms with Crippen LogP contribution in [-0.2, 0) is 16.4 Å². The molecule has 0 spiro atoms. The van der Waals surface area contributed by atoms with Crippen LogP contribution >= 0.6 is 11.3 Å². The number of nitrogens with two attached hydrogens (primary N) is 1. The normalized spacial score (nSPS) is 11.1. The molecule has 2 aromatic carbocycles. The van der Waals surface area contributed by atoms with Crippen molar-refractivity contribution in [1.82, 2.24) is 5.32 Å². The van der Waals surface area contributed by atoms with E-state index in [2.05, 4.69) is 5.32 Å². The summed E-state index contributed by atoms with van der Waals surface area (Å²) in [6.07, 6.45) is 0.529. The molecule has 0 unspecified atom stereocenters. The molecule has 0 aliphatic carbocycles. The molecule has 1 aromatic heterocycles. The van der Waals surface area contributed by atoms with Crippen LogP contribution in [0.2, 0.25) is 0 Å². The largest absolute Gasteiger partial charge is 0.457 e. The first kappa shape index (κ1) is 19.1. The van der Waals surface area contributed by atoms with Crippen molar-refractivity contribution in [1.29, 1.82) is 0 Å². The van der Waals surface area contributed by atoms with Gasteiger partial charge < -0.3 is 10.1 Å². The molecule has 0 saturated carbocycles. The zero-order valence-electron chi connectivity index (χ0n) is 14.3. The van der Waals surface area contributed by atoms with Gasteiger partial charge in [-0.05, 0) is 55.0 Å². The van der Waals surface area contributed by atoms with E-state index in [1.54, 1.807) is 30.3 Å². The molecule has 27 heavy (non-hydrogen) atoms. The highest BCUT2D eigenvalue weighted by atomic mass is 32.2. The van der Waals surface area contributed by atoms with E-state index in [1.165, 1.54) is 6.07 Å². The fourth-order valence-corrected chi connectivity index (χ4v) is 4.12. The molecule has 0 bridgehead atoms. The monoisotopic (exact) mass is 402 g/mol. The summed E-state index contributed by atoms with van der Waals surface area (Å²) < 4.78 is 28.3. The Morgan fingerprint density at radius 2 is 1.63 bits per heavy atom. The van der Waals surface area contributed by atoms with Crippen molar-refractivity contribution >= 4 is 27.3 Å². The minimum atomic E-state index is -3.67. The molecule has 3 rings (SSSR count). The van der Waals surface area contributed by atoms with E-state index in [1.807, 2.05) is 30.3 Å². The number of benzene rings is 2. The average molecular weight is 402 g/mol. The first-order valence-corrected chi connectivity index (χ1v) is 10.5. The molecule has 0 radical (unpaired) electrons. The number of primary sulfonamides is 1. The Balaban J connectivity index is 1.51.